The Hall–Kier alpha value is -0.870. The van der Waals surface area contributed by atoms with E-state index in [2.05, 4.69) is 0 Å². The molecule has 0 radical (unpaired) electrons. The minimum atomic E-state index is -0.609. The van der Waals surface area contributed by atoms with E-state index in [0.29, 0.717) is 4.32 Å². The highest BCUT2D eigenvalue weighted by Crippen LogP contribution is 2.35. The Labute approximate surface area is 106 Å². The second kappa shape index (κ2) is 5.46. The summed E-state index contributed by atoms with van der Waals surface area (Å²) in [6.07, 6.45) is 0.947. The van der Waals surface area contributed by atoms with E-state index < -0.39 is 4.75 Å². The number of nitrogens with zero attached hydrogens (tertiary/aromatic N) is 1. The summed E-state index contributed by atoms with van der Waals surface area (Å²) in [6, 6.07) is 9.68. The highest BCUT2D eigenvalue weighted by Gasteiger charge is 2.29. The van der Waals surface area contributed by atoms with Crippen LogP contribution in [0.3, 0.4) is 0 Å². The van der Waals surface area contributed by atoms with Crippen molar-refractivity contribution in [2.24, 2.45) is 0 Å². The summed E-state index contributed by atoms with van der Waals surface area (Å²) < 4.78 is 0.0984. The van der Waals surface area contributed by atoms with Crippen LogP contribution in [0.4, 0.5) is 0 Å². The molecule has 1 aromatic carbocycles. The molecule has 0 bridgehead atoms. The van der Waals surface area contributed by atoms with Crippen LogP contribution in [0.25, 0.3) is 0 Å². The highest BCUT2D eigenvalue weighted by atomic mass is 32.2. The predicted molar refractivity (Wildman–Crippen MR) is 73.7 cm³/mol. The fourth-order valence-corrected chi connectivity index (χ4v) is 2.56. The molecule has 1 aromatic rings. The number of carbonyl (C=O) groups excluding carboxylic acids is 1. The van der Waals surface area contributed by atoms with Crippen molar-refractivity contribution in [2.75, 3.05) is 14.1 Å². The molecule has 0 saturated carbocycles. The Balaban J connectivity index is 2.95. The Morgan fingerprint density at radius 3 is 2.38 bits per heavy atom. The lowest BCUT2D eigenvalue weighted by Crippen LogP contribution is -2.26. The molecule has 0 heterocycles. The third-order valence-corrected chi connectivity index (χ3v) is 4.15. The lowest BCUT2D eigenvalue weighted by atomic mass is 10.0. The van der Waals surface area contributed by atoms with Crippen LogP contribution in [-0.2, 0) is 9.54 Å². The first kappa shape index (κ1) is 13.2. The minimum absolute atomic E-state index is 0.609. The van der Waals surface area contributed by atoms with Gasteiger partial charge in [-0.15, -0.1) is 0 Å². The van der Waals surface area contributed by atoms with Gasteiger partial charge in [-0.05, 0) is 12.5 Å². The molecule has 0 aliphatic heterocycles. The van der Waals surface area contributed by atoms with Crippen molar-refractivity contribution < 1.29 is 4.79 Å². The summed E-state index contributed by atoms with van der Waals surface area (Å²) >= 11 is 6.62. The zero-order chi connectivity index (χ0) is 12.2. The number of hydrogen-bond acceptors (Lipinski definition) is 3. The first-order valence-corrected chi connectivity index (χ1v) is 6.14. The van der Waals surface area contributed by atoms with Crippen molar-refractivity contribution in [3.05, 3.63) is 35.9 Å². The molecule has 0 fully saturated rings. The molecule has 4 heteroatoms. The van der Waals surface area contributed by atoms with Crippen LogP contribution in [0.1, 0.15) is 12.5 Å². The topological polar surface area (TPSA) is 20.3 Å². The number of carbonyl (C=O) groups is 1. The maximum Gasteiger partial charge on any atom is 0.140 e. The molecule has 0 aliphatic rings. The molecule has 0 spiro atoms. The van der Waals surface area contributed by atoms with Gasteiger partial charge in [0.05, 0.1) is 0 Å². The van der Waals surface area contributed by atoms with E-state index in [4.69, 9.17) is 12.2 Å². The number of rotatable bonds is 3. The van der Waals surface area contributed by atoms with E-state index in [1.54, 1.807) is 0 Å². The van der Waals surface area contributed by atoms with Gasteiger partial charge in [0.25, 0.3) is 0 Å². The monoisotopic (exact) mass is 253 g/mol. The van der Waals surface area contributed by atoms with Crippen LogP contribution in [-0.4, -0.2) is 29.6 Å². The smallest absolute Gasteiger partial charge is 0.140 e. The normalized spacial score (nSPS) is 13.9. The maximum absolute atomic E-state index is 11.3. The van der Waals surface area contributed by atoms with Gasteiger partial charge < -0.3 is 9.69 Å². The molecule has 1 rings (SSSR count). The van der Waals surface area contributed by atoms with Crippen molar-refractivity contribution in [3.63, 3.8) is 0 Å². The van der Waals surface area contributed by atoms with Crippen LogP contribution in [0.5, 0.6) is 0 Å². The van der Waals surface area contributed by atoms with Gasteiger partial charge >= 0.3 is 0 Å². The summed E-state index contributed by atoms with van der Waals surface area (Å²) in [6.45, 7) is 1.88. The van der Waals surface area contributed by atoms with Crippen molar-refractivity contribution in [2.45, 2.75) is 11.7 Å². The molecule has 0 N–H and O–H groups in total. The average Bonchev–Trinajstić information content (AvgIpc) is 2.29. The number of thioether (sulfide) groups is 1. The molecule has 16 heavy (non-hydrogen) atoms. The SMILES string of the molecule is CN(C)C(=S)SC(C)(C=O)c1ccccc1. The summed E-state index contributed by atoms with van der Waals surface area (Å²) in [5.41, 5.74) is 0.971. The Kier molecular flexibility index (Phi) is 4.50. The van der Waals surface area contributed by atoms with Crippen molar-refractivity contribution in [1.29, 1.82) is 0 Å². The molecular weight excluding hydrogens is 238 g/mol. The van der Waals surface area contributed by atoms with Gasteiger partial charge in [0.15, 0.2) is 0 Å². The second-order valence-corrected chi connectivity index (χ2v) is 5.94. The minimum Gasteiger partial charge on any atom is -0.364 e. The van der Waals surface area contributed by atoms with Crippen molar-refractivity contribution in [1.82, 2.24) is 4.90 Å². The van der Waals surface area contributed by atoms with Gasteiger partial charge in [-0.1, -0.05) is 54.3 Å². The van der Waals surface area contributed by atoms with Gasteiger partial charge in [0, 0.05) is 14.1 Å². The van der Waals surface area contributed by atoms with E-state index in [9.17, 15) is 4.79 Å². The number of thiocarbonyl (C=S) groups is 1. The Bertz CT molecular complexity index is 378. The van der Waals surface area contributed by atoms with E-state index in [1.165, 1.54) is 11.8 Å². The van der Waals surface area contributed by atoms with Crippen molar-refractivity contribution >= 4 is 34.6 Å². The zero-order valence-corrected chi connectivity index (χ0v) is 11.3. The van der Waals surface area contributed by atoms with Crippen LogP contribution in [0.2, 0.25) is 0 Å². The lowest BCUT2D eigenvalue weighted by molar-refractivity contribution is -0.109. The molecule has 0 saturated heterocycles. The molecule has 1 atom stereocenters. The summed E-state index contributed by atoms with van der Waals surface area (Å²) in [5.74, 6) is 0. The molecule has 1 unspecified atom stereocenters. The standard InChI is InChI=1S/C12H15NOS2/c1-12(9-14,16-11(15)13(2)3)10-7-5-4-6-8-10/h4-9H,1-3H3. The summed E-state index contributed by atoms with van der Waals surface area (Å²) in [4.78, 5) is 13.1. The average molecular weight is 253 g/mol. The second-order valence-electron chi connectivity index (χ2n) is 3.85. The molecule has 0 amide bonds. The highest BCUT2D eigenvalue weighted by molar-refractivity contribution is 8.23. The fourth-order valence-electron chi connectivity index (χ4n) is 1.19. The van der Waals surface area contributed by atoms with Crippen LogP contribution >= 0.6 is 24.0 Å². The largest absolute Gasteiger partial charge is 0.364 e. The molecular formula is C12H15NOS2. The quantitative estimate of drug-likeness (QED) is 0.609. The van der Waals surface area contributed by atoms with Gasteiger partial charge in [-0.3, -0.25) is 0 Å². The first-order valence-electron chi connectivity index (χ1n) is 4.92. The predicted octanol–water partition coefficient (Wildman–Crippen LogP) is 2.68. The Morgan fingerprint density at radius 2 is 1.94 bits per heavy atom. The third-order valence-electron chi connectivity index (χ3n) is 2.24. The van der Waals surface area contributed by atoms with E-state index in [-0.39, 0.29) is 0 Å². The summed E-state index contributed by atoms with van der Waals surface area (Å²) in [7, 11) is 3.76. The molecule has 0 aromatic heterocycles. The maximum atomic E-state index is 11.3. The fraction of sp³-hybridized carbons (Fsp3) is 0.333. The molecule has 0 aliphatic carbocycles. The van der Waals surface area contributed by atoms with Gasteiger partial charge in [0.1, 0.15) is 15.4 Å². The molecule has 2 nitrogen and oxygen atoms in total. The Morgan fingerprint density at radius 1 is 1.38 bits per heavy atom. The first-order chi connectivity index (χ1) is 7.49. The number of aldehydes is 1. The van der Waals surface area contributed by atoms with Crippen LogP contribution in [0.15, 0.2) is 30.3 Å². The van der Waals surface area contributed by atoms with E-state index >= 15 is 0 Å². The zero-order valence-electron chi connectivity index (χ0n) is 9.64. The number of hydrogen-bond donors (Lipinski definition) is 0. The third kappa shape index (κ3) is 3.06. The van der Waals surface area contributed by atoms with Crippen molar-refractivity contribution in [3.8, 4) is 0 Å². The lowest BCUT2D eigenvalue weighted by Gasteiger charge is -2.25. The van der Waals surface area contributed by atoms with Gasteiger partial charge in [0.2, 0.25) is 0 Å². The number of benzene rings is 1. The van der Waals surface area contributed by atoms with Gasteiger partial charge in [-0.25, -0.2) is 0 Å². The molecule has 86 valence electrons. The van der Waals surface area contributed by atoms with Gasteiger partial charge in [-0.2, -0.15) is 0 Å². The van der Waals surface area contributed by atoms with Crippen LogP contribution in [0, 0.1) is 0 Å². The van der Waals surface area contributed by atoms with E-state index in [1.807, 2.05) is 56.3 Å². The van der Waals surface area contributed by atoms with Crippen LogP contribution < -0.4 is 0 Å². The summed E-state index contributed by atoms with van der Waals surface area (Å²) in [5, 5.41) is 0. The van der Waals surface area contributed by atoms with E-state index in [0.717, 1.165) is 11.8 Å².